The van der Waals surface area contributed by atoms with Gasteiger partial charge in [0, 0.05) is 37.2 Å². The monoisotopic (exact) mass is 467 g/mol. The summed E-state index contributed by atoms with van der Waals surface area (Å²) in [6.45, 7) is 11.3. The highest BCUT2D eigenvalue weighted by Gasteiger charge is 2.29. The van der Waals surface area contributed by atoms with E-state index in [1.165, 1.54) is 6.42 Å². The summed E-state index contributed by atoms with van der Waals surface area (Å²) >= 11 is 0. The molecule has 1 N–H and O–H groups in total. The lowest BCUT2D eigenvalue weighted by Gasteiger charge is -2.36. The van der Waals surface area contributed by atoms with Crippen LogP contribution in [0.15, 0.2) is 16.7 Å². The van der Waals surface area contributed by atoms with Gasteiger partial charge in [-0.1, -0.05) is 19.0 Å². The van der Waals surface area contributed by atoms with Crippen molar-refractivity contribution in [1.82, 2.24) is 20.4 Å². The summed E-state index contributed by atoms with van der Waals surface area (Å²) < 4.78 is 26.5. The Kier molecular flexibility index (Phi) is 6.53. The quantitative estimate of drug-likeness (QED) is 0.572. The number of nitrogens with one attached hydrogen (secondary N) is 1. The summed E-state index contributed by atoms with van der Waals surface area (Å²) in [5.74, 6) is 1.67. The molecule has 0 bridgehead atoms. The number of rotatable bonds is 5. The van der Waals surface area contributed by atoms with Gasteiger partial charge in [0.1, 0.15) is 17.2 Å². The minimum absolute atomic E-state index is 0.216. The molecule has 0 saturated carbocycles. The minimum atomic E-state index is -0.285. The number of aryl methyl sites for hydroxylation is 2. The van der Waals surface area contributed by atoms with Crippen molar-refractivity contribution in [3.8, 4) is 11.5 Å². The molecule has 1 aromatic carbocycles. The first kappa shape index (κ1) is 23.2. The van der Waals surface area contributed by atoms with Crippen LogP contribution in [0.4, 0.5) is 10.2 Å². The fourth-order valence-electron chi connectivity index (χ4n) is 5.16. The van der Waals surface area contributed by atoms with E-state index in [9.17, 15) is 0 Å². The predicted molar refractivity (Wildman–Crippen MR) is 131 cm³/mol. The Morgan fingerprint density at radius 3 is 2.53 bits per heavy atom. The van der Waals surface area contributed by atoms with E-state index in [0.29, 0.717) is 29.3 Å². The second kappa shape index (κ2) is 9.58. The molecule has 0 aliphatic carbocycles. The second-order valence-corrected chi connectivity index (χ2v) is 9.98. The second-order valence-electron chi connectivity index (χ2n) is 9.98. The lowest BCUT2D eigenvalue weighted by molar-refractivity contribution is 0.0650. The summed E-state index contributed by atoms with van der Waals surface area (Å²) in [5.41, 5.74) is 3.08. The molecule has 0 unspecified atom stereocenters. The van der Waals surface area contributed by atoms with E-state index in [4.69, 9.17) is 14.2 Å². The van der Waals surface area contributed by atoms with Crippen LogP contribution in [0.5, 0.6) is 0 Å². The molecule has 2 aliphatic rings. The summed E-state index contributed by atoms with van der Waals surface area (Å²) in [4.78, 5) is 11.6. The summed E-state index contributed by atoms with van der Waals surface area (Å²) in [6, 6.07) is 4.54. The van der Waals surface area contributed by atoms with E-state index < -0.39 is 0 Å². The van der Waals surface area contributed by atoms with Crippen molar-refractivity contribution in [3.63, 3.8) is 0 Å². The van der Waals surface area contributed by atoms with E-state index in [-0.39, 0.29) is 11.7 Å². The Bertz CT molecular complexity index is 1160. The van der Waals surface area contributed by atoms with Crippen LogP contribution >= 0.6 is 0 Å². The lowest BCUT2D eigenvalue weighted by Crippen LogP contribution is -2.48. The molecule has 2 saturated heterocycles. The molecule has 2 aromatic heterocycles. The number of hydrogen-bond donors (Lipinski definition) is 1. The van der Waals surface area contributed by atoms with Gasteiger partial charge in [-0.15, -0.1) is 0 Å². The highest BCUT2D eigenvalue weighted by atomic mass is 19.1. The number of aromatic nitrogens is 3. The van der Waals surface area contributed by atoms with Crippen molar-refractivity contribution in [2.45, 2.75) is 71.4 Å². The molecule has 1 atom stereocenters. The molecule has 3 aromatic rings. The molecule has 4 heterocycles. The van der Waals surface area contributed by atoms with Crippen molar-refractivity contribution in [2.75, 3.05) is 31.2 Å². The van der Waals surface area contributed by atoms with Gasteiger partial charge < -0.3 is 19.5 Å². The van der Waals surface area contributed by atoms with Crippen LogP contribution in [-0.4, -0.2) is 53.5 Å². The van der Waals surface area contributed by atoms with Crippen LogP contribution in [0.1, 0.15) is 62.4 Å². The summed E-state index contributed by atoms with van der Waals surface area (Å²) in [7, 11) is 0. The molecule has 2 fully saturated rings. The van der Waals surface area contributed by atoms with Crippen LogP contribution in [-0.2, 0) is 4.74 Å². The van der Waals surface area contributed by atoms with Gasteiger partial charge in [0.25, 0.3) is 5.89 Å². The van der Waals surface area contributed by atoms with Crippen molar-refractivity contribution in [2.24, 2.45) is 0 Å². The Morgan fingerprint density at radius 1 is 1.09 bits per heavy atom. The molecule has 182 valence electrons. The van der Waals surface area contributed by atoms with Gasteiger partial charge in [0.2, 0.25) is 0 Å². The molecular formula is C26H34FN5O2. The zero-order valence-corrected chi connectivity index (χ0v) is 20.5. The van der Waals surface area contributed by atoms with E-state index in [1.807, 2.05) is 13.0 Å². The Morgan fingerprint density at radius 2 is 1.88 bits per heavy atom. The SMILES string of the molecule is Cc1noc(-c2c(N3CCC(N[C@@H]4CCCOC4)CC3)nc3c(F)cc(C(C)C)cc3c2C)n1. The number of hydrogen-bond acceptors (Lipinski definition) is 7. The van der Waals surface area contributed by atoms with Crippen LogP contribution in [0, 0.1) is 19.7 Å². The molecular weight excluding hydrogens is 433 g/mol. The highest BCUT2D eigenvalue weighted by molar-refractivity contribution is 5.93. The number of ether oxygens (including phenoxy) is 1. The summed E-state index contributed by atoms with van der Waals surface area (Å²) in [5, 5.41) is 8.58. The number of fused-ring (bicyclic) bond motifs is 1. The predicted octanol–water partition coefficient (Wildman–Crippen LogP) is 4.90. The Balaban J connectivity index is 1.50. The minimum Gasteiger partial charge on any atom is -0.380 e. The van der Waals surface area contributed by atoms with Crippen LogP contribution in [0.25, 0.3) is 22.4 Å². The fraction of sp³-hybridized carbons (Fsp3) is 0.577. The van der Waals surface area contributed by atoms with Gasteiger partial charge in [-0.3, -0.25) is 0 Å². The number of halogens is 1. The van der Waals surface area contributed by atoms with Crippen molar-refractivity contribution >= 4 is 16.7 Å². The number of nitrogens with zero attached hydrogens (tertiary/aromatic N) is 4. The molecule has 0 radical (unpaired) electrons. The Hall–Kier alpha value is -2.58. The van der Waals surface area contributed by atoms with E-state index in [2.05, 4.69) is 34.2 Å². The third kappa shape index (κ3) is 4.53. The third-order valence-electron chi connectivity index (χ3n) is 7.14. The fourth-order valence-corrected chi connectivity index (χ4v) is 5.16. The first-order chi connectivity index (χ1) is 16.4. The first-order valence-corrected chi connectivity index (χ1v) is 12.4. The smallest absolute Gasteiger partial charge is 0.261 e. The van der Waals surface area contributed by atoms with Gasteiger partial charge >= 0.3 is 0 Å². The average molecular weight is 468 g/mol. The van der Waals surface area contributed by atoms with Crippen molar-refractivity contribution in [1.29, 1.82) is 0 Å². The van der Waals surface area contributed by atoms with Crippen molar-refractivity contribution in [3.05, 3.63) is 34.9 Å². The van der Waals surface area contributed by atoms with E-state index in [1.54, 1.807) is 13.0 Å². The molecule has 2 aliphatic heterocycles. The molecule has 7 nitrogen and oxygen atoms in total. The third-order valence-corrected chi connectivity index (χ3v) is 7.14. The number of anilines is 1. The molecule has 5 rings (SSSR count). The van der Waals surface area contributed by atoms with Gasteiger partial charge in [0.15, 0.2) is 5.82 Å². The maximum atomic E-state index is 15.2. The number of benzene rings is 1. The molecule has 0 spiro atoms. The van der Waals surface area contributed by atoms with Crippen LogP contribution in [0.2, 0.25) is 0 Å². The maximum absolute atomic E-state index is 15.2. The van der Waals surface area contributed by atoms with E-state index >= 15 is 4.39 Å². The first-order valence-electron chi connectivity index (χ1n) is 12.4. The number of pyridine rings is 1. The molecule has 0 amide bonds. The topological polar surface area (TPSA) is 76.3 Å². The van der Waals surface area contributed by atoms with Gasteiger partial charge in [-0.25, -0.2) is 9.37 Å². The normalized spacial score (nSPS) is 19.9. The maximum Gasteiger partial charge on any atom is 0.261 e. The molecule has 34 heavy (non-hydrogen) atoms. The average Bonchev–Trinajstić information content (AvgIpc) is 3.26. The van der Waals surface area contributed by atoms with Gasteiger partial charge in [-0.2, -0.15) is 4.98 Å². The number of piperidine rings is 1. The molecule has 8 heteroatoms. The van der Waals surface area contributed by atoms with Crippen LogP contribution < -0.4 is 10.2 Å². The largest absolute Gasteiger partial charge is 0.380 e. The Labute approximate surface area is 200 Å². The standard InChI is InChI=1S/C26H34FN5O2/c1-15(2)18-12-21-16(3)23(26-28-17(4)31-34-26)25(30-24(21)22(27)13-18)32-9-7-19(8-10-32)29-20-6-5-11-33-14-20/h12-13,15,19-20,29H,5-11,14H2,1-4H3/t20-/m1/s1. The van der Waals surface area contributed by atoms with Gasteiger partial charge in [0.05, 0.1) is 12.2 Å². The zero-order chi connectivity index (χ0) is 23.8. The van der Waals surface area contributed by atoms with Gasteiger partial charge in [-0.05, 0) is 68.7 Å². The highest BCUT2D eigenvalue weighted by Crippen LogP contribution is 2.38. The van der Waals surface area contributed by atoms with Crippen LogP contribution in [0.3, 0.4) is 0 Å². The van der Waals surface area contributed by atoms with Crippen molar-refractivity contribution < 1.29 is 13.7 Å². The van der Waals surface area contributed by atoms with E-state index in [0.717, 1.165) is 73.5 Å². The lowest BCUT2D eigenvalue weighted by atomic mass is 9.96. The zero-order valence-electron chi connectivity index (χ0n) is 20.5. The summed E-state index contributed by atoms with van der Waals surface area (Å²) in [6.07, 6.45) is 4.27.